The molecule has 0 aliphatic carbocycles. The Balaban J connectivity index is 1.73. The van der Waals surface area contributed by atoms with E-state index in [2.05, 4.69) is 9.97 Å². The van der Waals surface area contributed by atoms with Crippen LogP contribution in [0, 0.1) is 0 Å². The van der Waals surface area contributed by atoms with Crippen LogP contribution in [0.3, 0.4) is 0 Å². The lowest BCUT2D eigenvalue weighted by Crippen LogP contribution is -2.14. The highest BCUT2D eigenvalue weighted by Gasteiger charge is 2.08. The van der Waals surface area contributed by atoms with Crippen molar-refractivity contribution in [1.29, 1.82) is 0 Å². The topological polar surface area (TPSA) is 96.5 Å². The average molecular weight is 339 g/mol. The van der Waals surface area contributed by atoms with Gasteiger partial charge in [0.25, 0.3) is 5.91 Å². The monoisotopic (exact) mass is 339 g/mol. The fraction of sp³-hybridized carbons (Fsp3) is 0.111. The number of hydrogen-bond acceptors (Lipinski definition) is 5. The Bertz CT molecular complexity index is 885. The molecule has 0 aliphatic rings. The van der Waals surface area contributed by atoms with Gasteiger partial charge in [-0.15, -0.1) is 0 Å². The molecule has 3 aromatic rings. The standard InChI is InChI=1S/C18H17N3O4/c1-24-16-10-12(7-9-18(22)21-23)6-8-15(16)25-11-17-19-13-4-2-3-5-14(13)20-17/h2-10,23H,11H2,1H3,(H,19,20)(H,21,22)/b9-7+. The van der Waals surface area contributed by atoms with Gasteiger partial charge in [0.05, 0.1) is 18.1 Å². The Morgan fingerprint density at radius 1 is 1.28 bits per heavy atom. The van der Waals surface area contributed by atoms with Gasteiger partial charge in [0.2, 0.25) is 0 Å². The molecule has 0 atom stereocenters. The number of para-hydroxylation sites is 2. The van der Waals surface area contributed by atoms with Crippen molar-refractivity contribution in [3.8, 4) is 11.5 Å². The second-order valence-electron chi connectivity index (χ2n) is 5.21. The van der Waals surface area contributed by atoms with Crippen molar-refractivity contribution >= 4 is 23.0 Å². The summed E-state index contributed by atoms with van der Waals surface area (Å²) in [6.07, 6.45) is 2.76. The van der Waals surface area contributed by atoms with Crippen LogP contribution in [0.1, 0.15) is 11.4 Å². The average Bonchev–Trinajstić information content (AvgIpc) is 3.07. The summed E-state index contributed by atoms with van der Waals surface area (Å²) in [5, 5.41) is 8.48. The summed E-state index contributed by atoms with van der Waals surface area (Å²) in [6, 6.07) is 13.0. The van der Waals surface area contributed by atoms with E-state index < -0.39 is 5.91 Å². The van der Waals surface area contributed by atoms with Crippen LogP contribution in [-0.4, -0.2) is 28.2 Å². The van der Waals surface area contributed by atoms with Crippen LogP contribution in [0.2, 0.25) is 0 Å². The molecule has 1 heterocycles. The zero-order chi connectivity index (χ0) is 17.6. The molecule has 7 nitrogen and oxygen atoms in total. The maximum Gasteiger partial charge on any atom is 0.267 e. The summed E-state index contributed by atoms with van der Waals surface area (Å²) in [6.45, 7) is 0.271. The molecule has 3 N–H and O–H groups in total. The molecule has 128 valence electrons. The zero-order valence-corrected chi connectivity index (χ0v) is 13.5. The molecule has 7 heteroatoms. The van der Waals surface area contributed by atoms with E-state index in [1.807, 2.05) is 24.3 Å². The molecule has 0 saturated heterocycles. The molecule has 1 amide bonds. The van der Waals surface area contributed by atoms with Crippen molar-refractivity contribution in [1.82, 2.24) is 15.4 Å². The van der Waals surface area contributed by atoms with Crippen molar-refractivity contribution < 1.29 is 19.5 Å². The minimum Gasteiger partial charge on any atom is -0.493 e. The Morgan fingerprint density at radius 3 is 2.88 bits per heavy atom. The number of benzene rings is 2. The van der Waals surface area contributed by atoms with Crippen LogP contribution >= 0.6 is 0 Å². The molecule has 0 saturated carbocycles. The SMILES string of the molecule is COc1cc(/C=C/C(=O)NO)ccc1OCc1nc2ccccc2[nH]1. The highest BCUT2D eigenvalue weighted by atomic mass is 16.5. The molecule has 0 fully saturated rings. The van der Waals surface area contributed by atoms with Gasteiger partial charge >= 0.3 is 0 Å². The normalized spacial score (nSPS) is 11.0. The maximum atomic E-state index is 11.0. The van der Waals surface area contributed by atoms with Gasteiger partial charge < -0.3 is 14.5 Å². The van der Waals surface area contributed by atoms with Crippen LogP contribution in [-0.2, 0) is 11.4 Å². The smallest absolute Gasteiger partial charge is 0.267 e. The van der Waals surface area contributed by atoms with Gasteiger partial charge in [-0.05, 0) is 35.9 Å². The molecule has 25 heavy (non-hydrogen) atoms. The molecular formula is C18H17N3O4. The number of nitrogens with one attached hydrogen (secondary N) is 2. The van der Waals surface area contributed by atoms with Crippen molar-refractivity contribution in [2.45, 2.75) is 6.61 Å². The number of carbonyl (C=O) groups excluding carboxylic acids is 1. The highest BCUT2D eigenvalue weighted by Crippen LogP contribution is 2.29. The third kappa shape index (κ3) is 3.96. The van der Waals surface area contributed by atoms with E-state index >= 15 is 0 Å². The number of ether oxygens (including phenoxy) is 2. The van der Waals surface area contributed by atoms with E-state index in [4.69, 9.17) is 14.7 Å². The first-order valence-electron chi connectivity index (χ1n) is 7.56. The summed E-state index contributed by atoms with van der Waals surface area (Å²) in [5.74, 6) is 1.20. The van der Waals surface area contributed by atoms with Gasteiger partial charge in [0, 0.05) is 6.08 Å². The molecule has 0 aliphatic heterocycles. The van der Waals surface area contributed by atoms with Gasteiger partial charge in [0.15, 0.2) is 11.5 Å². The van der Waals surface area contributed by atoms with Gasteiger partial charge in [-0.2, -0.15) is 0 Å². The summed E-state index contributed by atoms with van der Waals surface area (Å²) < 4.78 is 11.1. The summed E-state index contributed by atoms with van der Waals surface area (Å²) >= 11 is 0. The van der Waals surface area contributed by atoms with Gasteiger partial charge in [0.1, 0.15) is 12.4 Å². The summed E-state index contributed by atoms with van der Waals surface area (Å²) in [5.41, 5.74) is 4.10. The number of rotatable bonds is 6. The Morgan fingerprint density at radius 2 is 2.12 bits per heavy atom. The van der Waals surface area contributed by atoms with Crippen molar-refractivity contribution in [3.63, 3.8) is 0 Å². The lowest BCUT2D eigenvalue weighted by atomic mass is 10.2. The Kier molecular flexibility index (Phi) is 4.96. The molecule has 2 aromatic carbocycles. The van der Waals surface area contributed by atoms with Crippen LogP contribution < -0.4 is 15.0 Å². The number of aromatic nitrogens is 2. The molecule has 3 rings (SSSR count). The van der Waals surface area contributed by atoms with E-state index in [0.717, 1.165) is 16.6 Å². The van der Waals surface area contributed by atoms with E-state index in [9.17, 15) is 4.79 Å². The first kappa shape index (κ1) is 16.5. The number of imidazole rings is 1. The van der Waals surface area contributed by atoms with E-state index in [1.54, 1.807) is 24.3 Å². The Hall–Kier alpha value is -3.32. The van der Waals surface area contributed by atoms with Gasteiger partial charge in [-0.25, -0.2) is 10.5 Å². The fourth-order valence-corrected chi connectivity index (χ4v) is 2.34. The quantitative estimate of drug-likeness (QED) is 0.364. The molecule has 0 bridgehead atoms. The zero-order valence-electron chi connectivity index (χ0n) is 13.5. The number of aromatic amines is 1. The largest absolute Gasteiger partial charge is 0.493 e. The molecule has 0 spiro atoms. The number of carbonyl (C=O) groups is 1. The minimum atomic E-state index is -0.607. The number of H-pyrrole nitrogens is 1. The number of nitrogens with zero attached hydrogens (tertiary/aromatic N) is 1. The van der Waals surface area contributed by atoms with E-state index in [-0.39, 0.29) is 6.61 Å². The molecule has 0 unspecified atom stereocenters. The lowest BCUT2D eigenvalue weighted by molar-refractivity contribution is -0.124. The number of fused-ring (bicyclic) bond motifs is 1. The van der Waals surface area contributed by atoms with E-state index in [1.165, 1.54) is 18.7 Å². The van der Waals surface area contributed by atoms with Crippen LogP contribution in [0.4, 0.5) is 0 Å². The van der Waals surface area contributed by atoms with Crippen molar-refractivity contribution in [2.24, 2.45) is 0 Å². The summed E-state index contributed by atoms with van der Waals surface area (Å²) in [4.78, 5) is 18.7. The number of methoxy groups -OCH3 is 1. The predicted octanol–water partition coefficient (Wildman–Crippen LogP) is 2.67. The first-order valence-corrected chi connectivity index (χ1v) is 7.56. The Labute approximate surface area is 143 Å². The van der Waals surface area contributed by atoms with Gasteiger partial charge in [-0.3, -0.25) is 10.0 Å². The maximum absolute atomic E-state index is 11.0. The van der Waals surface area contributed by atoms with Crippen LogP contribution in [0.25, 0.3) is 17.1 Å². The third-order valence-corrected chi connectivity index (χ3v) is 3.53. The fourth-order valence-electron chi connectivity index (χ4n) is 2.34. The molecular weight excluding hydrogens is 322 g/mol. The first-order chi connectivity index (χ1) is 12.2. The highest BCUT2D eigenvalue weighted by molar-refractivity contribution is 5.90. The van der Waals surface area contributed by atoms with Crippen molar-refractivity contribution in [2.75, 3.05) is 7.11 Å². The van der Waals surface area contributed by atoms with Crippen LogP contribution in [0.15, 0.2) is 48.5 Å². The molecule has 1 aromatic heterocycles. The lowest BCUT2D eigenvalue weighted by Gasteiger charge is -2.10. The summed E-state index contributed by atoms with van der Waals surface area (Å²) in [7, 11) is 1.54. The van der Waals surface area contributed by atoms with Crippen molar-refractivity contribution in [3.05, 3.63) is 59.9 Å². The third-order valence-electron chi connectivity index (χ3n) is 3.53. The van der Waals surface area contributed by atoms with Gasteiger partial charge in [-0.1, -0.05) is 18.2 Å². The minimum absolute atomic E-state index is 0.271. The van der Waals surface area contributed by atoms with Crippen LogP contribution in [0.5, 0.6) is 11.5 Å². The predicted molar refractivity (Wildman–Crippen MR) is 92.4 cm³/mol. The number of hydrogen-bond donors (Lipinski definition) is 3. The second kappa shape index (κ2) is 7.50. The molecule has 0 radical (unpaired) electrons. The number of amides is 1. The second-order valence-corrected chi connectivity index (χ2v) is 5.21. The number of hydroxylamine groups is 1. The van der Waals surface area contributed by atoms with E-state index in [0.29, 0.717) is 17.3 Å².